The molecule has 0 aliphatic heterocycles. The van der Waals surface area contributed by atoms with Gasteiger partial charge in [0.2, 0.25) is 0 Å². The Kier molecular flexibility index (Phi) is 5.00. The molecule has 3 aromatic rings. The van der Waals surface area contributed by atoms with Crippen LogP contribution in [0.2, 0.25) is 19.6 Å². The van der Waals surface area contributed by atoms with Gasteiger partial charge in [-0.1, -0.05) is 49.1 Å². The van der Waals surface area contributed by atoms with Gasteiger partial charge in [-0.25, -0.2) is 9.18 Å². The van der Waals surface area contributed by atoms with E-state index >= 15 is 0 Å². The van der Waals surface area contributed by atoms with Gasteiger partial charge in [0.15, 0.2) is 0 Å². The number of hydrogen-bond acceptors (Lipinski definition) is 2. The molecule has 0 saturated carbocycles. The standard InChI is InChI=1S/C21H24FNO2Si/c1-5-25-21(24)20-12-16-9-10-18(26(2,3)4)13-19(16)23(20)14-15-7-6-8-17(22)11-15/h6-13H,5,14H2,1-4H3. The predicted molar refractivity (Wildman–Crippen MR) is 106 cm³/mol. The Morgan fingerprint density at radius 2 is 1.88 bits per heavy atom. The van der Waals surface area contributed by atoms with Gasteiger partial charge in [-0.05, 0) is 36.8 Å². The van der Waals surface area contributed by atoms with Crippen molar-refractivity contribution in [3.8, 4) is 0 Å². The molecular formula is C21H24FNO2Si. The summed E-state index contributed by atoms with van der Waals surface area (Å²) < 4.78 is 20.8. The number of hydrogen-bond donors (Lipinski definition) is 0. The maximum absolute atomic E-state index is 13.6. The lowest BCUT2D eigenvalue weighted by atomic mass is 10.2. The van der Waals surface area contributed by atoms with Crippen LogP contribution in [-0.4, -0.2) is 25.2 Å². The number of rotatable bonds is 5. The van der Waals surface area contributed by atoms with Gasteiger partial charge in [-0.3, -0.25) is 0 Å². The number of nitrogens with zero attached hydrogens (tertiary/aromatic N) is 1. The second kappa shape index (κ2) is 7.07. The summed E-state index contributed by atoms with van der Waals surface area (Å²) in [6.07, 6.45) is 0. The summed E-state index contributed by atoms with van der Waals surface area (Å²) >= 11 is 0. The zero-order valence-electron chi connectivity index (χ0n) is 15.7. The monoisotopic (exact) mass is 369 g/mol. The molecule has 26 heavy (non-hydrogen) atoms. The Morgan fingerprint density at radius 1 is 1.12 bits per heavy atom. The smallest absolute Gasteiger partial charge is 0.354 e. The van der Waals surface area contributed by atoms with Gasteiger partial charge in [0.05, 0.1) is 14.7 Å². The molecule has 3 nitrogen and oxygen atoms in total. The second-order valence-corrected chi connectivity index (χ2v) is 12.6. The Bertz CT molecular complexity index is 956. The maximum Gasteiger partial charge on any atom is 0.354 e. The van der Waals surface area contributed by atoms with Crippen LogP contribution < -0.4 is 5.19 Å². The van der Waals surface area contributed by atoms with Crippen molar-refractivity contribution in [2.24, 2.45) is 0 Å². The van der Waals surface area contributed by atoms with Gasteiger partial charge in [-0.15, -0.1) is 0 Å². The third kappa shape index (κ3) is 3.72. The second-order valence-electron chi connectivity index (χ2n) is 7.49. The summed E-state index contributed by atoms with van der Waals surface area (Å²) in [5.74, 6) is -0.630. The summed E-state index contributed by atoms with van der Waals surface area (Å²) in [5, 5.41) is 2.31. The van der Waals surface area contributed by atoms with E-state index in [0.717, 1.165) is 16.5 Å². The van der Waals surface area contributed by atoms with E-state index in [1.165, 1.54) is 17.3 Å². The van der Waals surface area contributed by atoms with E-state index in [1.807, 2.05) is 16.7 Å². The average Bonchev–Trinajstić information content (AvgIpc) is 2.92. The number of carbonyl (C=O) groups is 1. The summed E-state index contributed by atoms with van der Waals surface area (Å²) in [6, 6.07) is 14.7. The summed E-state index contributed by atoms with van der Waals surface area (Å²) in [6.45, 7) is 9.41. The molecule has 0 bridgehead atoms. The van der Waals surface area contributed by atoms with Crippen molar-refractivity contribution in [3.63, 3.8) is 0 Å². The fourth-order valence-electron chi connectivity index (χ4n) is 3.08. The van der Waals surface area contributed by atoms with Crippen molar-refractivity contribution in [2.45, 2.75) is 33.1 Å². The molecule has 0 aliphatic carbocycles. The number of carbonyl (C=O) groups excluding carboxylic acids is 1. The van der Waals surface area contributed by atoms with Crippen LogP contribution in [0, 0.1) is 5.82 Å². The molecule has 0 unspecified atom stereocenters. The number of ether oxygens (including phenoxy) is 1. The number of esters is 1. The third-order valence-electron chi connectivity index (χ3n) is 4.48. The summed E-state index contributed by atoms with van der Waals surface area (Å²) in [4.78, 5) is 12.5. The van der Waals surface area contributed by atoms with Gasteiger partial charge >= 0.3 is 5.97 Å². The van der Waals surface area contributed by atoms with Crippen LogP contribution in [-0.2, 0) is 11.3 Å². The van der Waals surface area contributed by atoms with Crippen LogP contribution in [0.3, 0.4) is 0 Å². The number of halogens is 1. The van der Waals surface area contributed by atoms with Gasteiger partial charge < -0.3 is 9.30 Å². The molecule has 1 heterocycles. The van der Waals surface area contributed by atoms with E-state index in [-0.39, 0.29) is 11.8 Å². The number of aromatic nitrogens is 1. The van der Waals surface area contributed by atoms with E-state index in [4.69, 9.17) is 4.74 Å². The molecule has 136 valence electrons. The lowest BCUT2D eigenvalue weighted by Crippen LogP contribution is -2.37. The zero-order chi connectivity index (χ0) is 18.9. The number of benzene rings is 2. The highest BCUT2D eigenvalue weighted by molar-refractivity contribution is 6.88. The number of fused-ring (bicyclic) bond motifs is 1. The minimum absolute atomic E-state index is 0.278. The van der Waals surface area contributed by atoms with E-state index in [9.17, 15) is 9.18 Å². The first kappa shape index (κ1) is 18.4. The van der Waals surface area contributed by atoms with Crippen LogP contribution in [0.15, 0.2) is 48.5 Å². The molecule has 0 fully saturated rings. The van der Waals surface area contributed by atoms with Crippen molar-refractivity contribution < 1.29 is 13.9 Å². The van der Waals surface area contributed by atoms with Crippen LogP contribution in [0.5, 0.6) is 0 Å². The SMILES string of the molecule is CCOC(=O)c1cc2ccc([Si](C)(C)C)cc2n1Cc1cccc(F)c1. The predicted octanol–water partition coefficient (Wildman–Crippen LogP) is 4.55. The quantitative estimate of drug-likeness (QED) is 0.488. The molecule has 0 aliphatic rings. The molecule has 2 aromatic carbocycles. The van der Waals surface area contributed by atoms with E-state index in [1.54, 1.807) is 13.0 Å². The van der Waals surface area contributed by atoms with Gasteiger partial charge in [0.1, 0.15) is 11.5 Å². The fraction of sp³-hybridized carbons (Fsp3) is 0.286. The Hall–Kier alpha value is -2.40. The molecule has 0 radical (unpaired) electrons. The first-order chi connectivity index (χ1) is 12.3. The zero-order valence-corrected chi connectivity index (χ0v) is 16.7. The average molecular weight is 370 g/mol. The van der Waals surface area contributed by atoms with Crippen LogP contribution >= 0.6 is 0 Å². The lowest BCUT2D eigenvalue weighted by molar-refractivity contribution is 0.0515. The molecule has 5 heteroatoms. The highest BCUT2D eigenvalue weighted by atomic mass is 28.3. The van der Waals surface area contributed by atoms with Gasteiger partial charge in [-0.2, -0.15) is 0 Å². The Labute approximate surface area is 154 Å². The van der Waals surface area contributed by atoms with Crippen LogP contribution in [0.1, 0.15) is 23.0 Å². The van der Waals surface area contributed by atoms with Crippen molar-refractivity contribution >= 4 is 30.1 Å². The van der Waals surface area contributed by atoms with E-state index in [0.29, 0.717) is 18.8 Å². The topological polar surface area (TPSA) is 31.2 Å². The fourth-order valence-corrected chi connectivity index (χ4v) is 4.24. The molecule has 1 aromatic heterocycles. The van der Waals surface area contributed by atoms with Crippen LogP contribution in [0.4, 0.5) is 4.39 Å². The molecular weight excluding hydrogens is 345 g/mol. The first-order valence-electron chi connectivity index (χ1n) is 8.85. The van der Waals surface area contributed by atoms with E-state index in [2.05, 4.69) is 37.8 Å². The maximum atomic E-state index is 13.6. The van der Waals surface area contributed by atoms with Crippen molar-refractivity contribution in [3.05, 3.63) is 65.6 Å². The van der Waals surface area contributed by atoms with Crippen molar-refractivity contribution in [1.82, 2.24) is 4.57 Å². The van der Waals surface area contributed by atoms with Crippen molar-refractivity contribution in [1.29, 1.82) is 0 Å². The molecule has 0 amide bonds. The molecule has 0 saturated heterocycles. The lowest BCUT2D eigenvalue weighted by Gasteiger charge is -2.17. The van der Waals surface area contributed by atoms with Gasteiger partial charge in [0.25, 0.3) is 0 Å². The van der Waals surface area contributed by atoms with Crippen LogP contribution in [0.25, 0.3) is 10.9 Å². The van der Waals surface area contributed by atoms with Crippen molar-refractivity contribution in [2.75, 3.05) is 6.61 Å². The minimum atomic E-state index is -1.50. The molecule has 0 spiro atoms. The summed E-state index contributed by atoms with van der Waals surface area (Å²) in [5.41, 5.74) is 2.29. The molecule has 0 atom stereocenters. The largest absolute Gasteiger partial charge is 0.461 e. The minimum Gasteiger partial charge on any atom is -0.461 e. The summed E-state index contributed by atoms with van der Waals surface area (Å²) in [7, 11) is -1.50. The Morgan fingerprint density at radius 3 is 2.54 bits per heavy atom. The first-order valence-corrected chi connectivity index (χ1v) is 12.3. The normalized spacial score (nSPS) is 11.7. The van der Waals surface area contributed by atoms with Gasteiger partial charge in [0, 0.05) is 17.4 Å². The molecule has 3 rings (SSSR count). The highest BCUT2D eigenvalue weighted by Gasteiger charge is 2.21. The molecule has 0 N–H and O–H groups in total. The third-order valence-corrected chi connectivity index (χ3v) is 6.53. The van der Waals surface area contributed by atoms with E-state index < -0.39 is 8.07 Å². The highest BCUT2D eigenvalue weighted by Crippen LogP contribution is 2.23. The Balaban J connectivity index is 2.17.